The number of aryl methyl sites for hydroxylation is 1. The molecule has 2 aromatic rings. The maximum Gasteiger partial charge on any atom is 0.337 e. The number of rotatable bonds is 4. The third kappa shape index (κ3) is 2.64. The van der Waals surface area contributed by atoms with Crippen LogP contribution in [-0.2, 0) is 6.42 Å². The van der Waals surface area contributed by atoms with Crippen LogP contribution in [0.15, 0.2) is 18.2 Å². The second-order valence-corrected chi connectivity index (χ2v) is 4.58. The molecule has 0 bridgehead atoms. The van der Waals surface area contributed by atoms with E-state index in [1.807, 2.05) is 0 Å². The molecule has 0 unspecified atom stereocenters. The molecule has 1 heterocycles. The Morgan fingerprint density at radius 1 is 1.45 bits per heavy atom. The van der Waals surface area contributed by atoms with Crippen molar-refractivity contribution in [3.8, 4) is 0 Å². The molecule has 2 N–H and O–H groups in total. The van der Waals surface area contributed by atoms with Crippen molar-refractivity contribution in [2.75, 3.05) is 5.32 Å². The van der Waals surface area contributed by atoms with Gasteiger partial charge in [-0.05, 0) is 30.1 Å². The summed E-state index contributed by atoms with van der Waals surface area (Å²) >= 11 is 0.879. The second kappa shape index (κ2) is 5.74. The van der Waals surface area contributed by atoms with E-state index in [1.165, 1.54) is 12.1 Å². The summed E-state index contributed by atoms with van der Waals surface area (Å²) in [5.41, 5.74) is -0.185. The number of nitrogens with zero attached hydrogens (tertiary/aromatic N) is 2. The lowest BCUT2D eigenvalue weighted by Crippen LogP contribution is -2.16. The van der Waals surface area contributed by atoms with E-state index in [1.54, 1.807) is 6.92 Å². The highest BCUT2D eigenvalue weighted by Crippen LogP contribution is 2.22. The molecule has 6 nitrogen and oxygen atoms in total. The molecule has 0 aliphatic rings. The number of carboxylic acids is 1. The smallest absolute Gasteiger partial charge is 0.337 e. The molecule has 20 heavy (non-hydrogen) atoms. The normalized spacial score (nSPS) is 10.3. The van der Waals surface area contributed by atoms with Gasteiger partial charge >= 0.3 is 5.97 Å². The molecule has 0 aliphatic heterocycles. The predicted octanol–water partition coefficient (Wildman–Crippen LogP) is 2.19. The molecule has 104 valence electrons. The van der Waals surface area contributed by atoms with Gasteiger partial charge in [0.25, 0.3) is 5.91 Å². The van der Waals surface area contributed by atoms with Gasteiger partial charge < -0.3 is 10.4 Å². The van der Waals surface area contributed by atoms with Gasteiger partial charge in [0.2, 0.25) is 0 Å². The average Bonchev–Trinajstić information content (AvgIpc) is 2.89. The minimum absolute atomic E-state index is 0.243. The summed E-state index contributed by atoms with van der Waals surface area (Å²) in [6.07, 6.45) is 0.502. The first-order chi connectivity index (χ1) is 9.54. The van der Waals surface area contributed by atoms with Gasteiger partial charge in [-0.2, -0.15) is 0 Å². The number of aromatic carboxylic acids is 1. The first-order valence-corrected chi connectivity index (χ1v) is 6.46. The number of hydrogen-bond donors (Lipinski definition) is 2. The minimum atomic E-state index is -1.32. The fraction of sp³-hybridized carbons (Fsp3) is 0.167. The third-order valence-electron chi connectivity index (χ3n) is 2.58. The van der Waals surface area contributed by atoms with E-state index < -0.39 is 17.7 Å². The monoisotopic (exact) mass is 295 g/mol. The van der Waals surface area contributed by atoms with Crippen molar-refractivity contribution in [2.45, 2.75) is 13.3 Å². The lowest BCUT2D eigenvalue weighted by Gasteiger charge is -2.08. The molecular weight excluding hydrogens is 285 g/mol. The Morgan fingerprint density at radius 2 is 2.20 bits per heavy atom. The Balaban J connectivity index is 2.35. The van der Waals surface area contributed by atoms with Crippen LogP contribution in [0.5, 0.6) is 0 Å². The average molecular weight is 295 g/mol. The van der Waals surface area contributed by atoms with Crippen LogP contribution in [0.3, 0.4) is 0 Å². The maximum absolute atomic E-state index is 13.7. The number of anilines is 1. The number of carboxylic acid groups (broad SMARTS) is 1. The number of amides is 1. The number of carbonyl (C=O) groups is 2. The highest BCUT2D eigenvalue weighted by Gasteiger charge is 2.20. The van der Waals surface area contributed by atoms with E-state index in [0.717, 1.165) is 17.6 Å². The van der Waals surface area contributed by atoms with Crippen LogP contribution >= 0.6 is 11.5 Å². The zero-order valence-electron chi connectivity index (χ0n) is 10.4. The Morgan fingerprint density at radius 3 is 2.85 bits per heavy atom. The van der Waals surface area contributed by atoms with Gasteiger partial charge in [-0.1, -0.05) is 17.5 Å². The van der Waals surface area contributed by atoms with Gasteiger partial charge in [0.05, 0.1) is 16.9 Å². The van der Waals surface area contributed by atoms with Gasteiger partial charge in [-0.15, -0.1) is 5.10 Å². The molecule has 2 rings (SSSR count). The largest absolute Gasteiger partial charge is 0.478 e. The van der Waals surface area contributed by atoms with Crippen LogP contribution < -0.4 is 5.32 Å². The van der Waals surface area contributed by atoms with Crippen molar-refractivity contribution in [3.63, 3.8) is 0 Å². The summed E-state index contributed by atoms with van der Waals surface area (Å²) < 4.78 is 17.3. The highest BCUT2D eigenvalue weighted by molar-refractivity contribution is 7.08. The van der Waals surface area contributed by atoms with E-state index in [4.69, 9.17) is 5.11 Å². The zero-order valence-corrected chi connectivity index (χ0v) is 11.2. The third-order valence-corrected chi connectivity index (χ3v) is 3.35. The summed E-state index contributed by atoms with van der Waals surface area (Å²) in [5, 5.41) is 15.0. The maximum atomic E-state index is 13.7. The fourth-order valence-corrected chi connectivity index (χ4v) is 2.26. The van der Waals surface area contributed by atoms with Crippen molar-refractivity contribution in [3.05, 3.63) is 40.2 Å². The summed E-state index contributed by atoms with van der Waals surface area (Å²) in [6, 6.07) is 3.56. The molecule has 0 saturated carbocycles. The highest BCUT2D eigenvalue weighted by atomic mass is 32.1. The van der Waals surface area contributed by atoms with Crippen LogP contribution in [0.4, 0.5) is 10.1 Å². The first-order valence-electron chi connectivity index (χ1n) is 5.69. The molecule has 1 amide bonds. The number of nitrogens with one attached hydrogen (secondary N) is 1. The van der Waals surface area contributed by atoms with Crippen LogP contribution in [0.2, 0.25) is 0 Å². The Labute approximate surface area is 117 Å². The number of benzene rings is 1. The number of carbonyl (C=O) groups excluding carboxylic acids is 1. The van der Waals surface area contributed by atoms with Crippen molar-refractivity contribution >= 4 is 29.1 Å². The molecule has 0 saturated heterocycles. The lowest BCUT2D eigenvalue weighted by molar-refractivity contribution is 0.0697. The molecule has 1 aromatic carbocycles. The van der Waals surface area contributed by atoms with Crippen LogP contribution in [0, 0.1) is 5.82 Å². The quantitative estimate of drug-likeness (QED) is 0.902. The van der Waals surface area contributed by atoms with Gasteiger partial charge in [0, 0.05) is 0 Å². The standard InChI is InChI=1S/C12H10FN3O3S/c1-2-8-10(20-16-15-8)11(17)14-9-6(12(18)19)4-3-5-7(9)13/h3-5H,2H2,1H3,(H,14,17)(H,18,19). The van der Waals surface area contributed by atoms with Crippen molar-refractivity contribution in [1.82, 2.24) is 9.59 Å². The second-order valence-electron chi connectivity index (χ2n) is 3.82. The number of halogens is 1. The number of aromatic nitrogens is 2. The molecule has 1 aromatic heterocycles. The molecule has 0 spiro atoms. The minimum Gasteiger partial charge on any atom is -0.478 e. The van der Waals surface area contributed by atoms with E-state index in [9.17, 15) is 14.0 Å². The van der Waals surface area contributed by atoms with E-state index in [-0.39, 0.29) is 16.1 Å². The van der Waals surface area contributed by atoms with Crippen molar-refractivity contribution in [1.29, 1.82) is 0 Å². The molecule has 8 heteroatoms. The van der Waals surface area contributed by atoms with Crippen LogP contribution in [-0.4, -0.2) is 26.6 Å². The van der Waals surface area contributed by atoms with E-state index >= 15 is 0 Å². The van der Waals surface area contributed by atoms with Gasteiger partial charge in [-0.25, -0.2) is 9.18 Å². The molecule has 0 atom stereocenters. The van der Waals surface area contributed by atoms with Gasteiger partial charge in [-0.3, -0.25) is 4.79 Å². The summed E-state index contributed by atoms with van der Waals surface area (Å²) in [6.45, 7) is 1.80. The zero-order chi connectivity index (χ0) is 14.7. The first kappa shape index (κ1) is 14.1. The lowest BCUT2D eigenvalue weighted by atomic mass is 10.1. The van der Waals surface area contributed by atoms with Crippen LogP contribution in [0.1, 0.15) is 32.6 Å². The summed E-state index contributed by atoms with van der Waals surface area (Å²) in [5.74, 6) is -2.75. The summed E-state index contributed by atoms with van der Waals surface area (Å²) in [7, 11) is 0. The predicted molar refractivity (Wildman–Crippen MR) is 70.6 cm³/mol. The number of hydrogen-bond acceptors (Lipinski definition) is 5. The van der Waals surface area contributed by atoms with Crippen LogP contribution in [0.25, 0.3) is 0 Å². The Kier molecular flexibility index (Phi) is 4.04. The van der Waals surface area contributed by atoms with Crippen molar-refractivity contribution < 1.29 is 19.1 Å². The van der Waals surface area contributed by atoms with E-state index in [2.05, 4.69) is 14.9 Å². The van der Waals surface area contributed by atoms with E-state index in [0.29, 0.717) is 12.1 Å². The SMILES string of the molecule is CCc1nnsc1C(=O)Nc1c(F)cccc1C(=O)O. The van der Waals surface area contributed by atoms with Crippen molar-refractivity contribution in [2.24, 2.45) is 0 Å². The molecular formula is C12H10FN3O3S. The topological polar surface area (TPSA) is 92.2 Å². The Hall–Kier alpha value is -2.35. The molecule has 0 radical (unpaired) electrons. The Bertz CT molecular complexity index is 672. The van der Waals surface area contributed by atoms with Gasteiger partial charge in [0.1, 0.15) is 10.7 Å². The molecule has 0 fully saturated rings. The summed E-state index contributed by atoms with van der Waals surface area (Å²) in [4.78, 5) is 23.3. The molecule has 0 aliphatic carbocycles. The fourth-order valence-electron chi connectivity index (χ4n) is 1.61. The number of para-hydroxylation sites is 1. The van der Waals surface area contributed by atoms with Gasteiger partial charge in [0.15, 0.2) is 0 Å².